The molecule has 0 aliphatic rings. The second-order valence-corrected chi connectivity index (χ2v) is 17.6. The molecule has 69 heavy (non-hydrogen) atoms. The van der Waals surface area contributed by atoms with Crippen LogP contribution in [-0.2, 0) is 0 Å². The Hall–Kier alpha value is -7.75. The minimum absolute atomic E-state index is 0.169. The number of benzene rings is 10. The van der Waals surface area contributed by atoms with Gasteiger partial charge < -0.3 is 9.13 Å². The average Bonchev–Trinajstić information content (AvgIpc) is 3.94. The molecule has 0 aliphatic carbocycles. The first-order valence-electron chi connectivity index (χ1n) is 22.8. The van der Waals surface area contributed by atoms with Crippen LogP contribution in [0.3, 0.4) is 0 Å². The maximum Gasteiger partial charge on any atom is 0.115 e. The minimum Gasteiger partial charge on any atom is -0.311 e. The molecule has 0 unspecified atom stereocenters. The van der Waals surface area contributed by atoms with Crippen molar-refractivity contribution in [2.75, 3.05) is 0 Å². The Kier molecular flexibility index (Phi) is 10.4. The fraction of sp³-hybridized carbons (Fsp3) is 0. The normalized spacial score (nSPS) is 11.6. The van der Waals surface area contributed by atoms with Crippen molar-refractivity contribution < 1.29 is 0 Å². The standard InChI is InChI=1S/C60H33B7N2/c61-52-48(53(62)57(66)59-50(52)51-54(63)55(64)56(65)58(67)60(51)69(59)43-25-12-22-39(32-43)36-18-8-3-9-19-36)41-28-29-46-45(33-41)49-44(40-23-10-20-37(30-40)34-14-4-1-5-15-34)26-13-27-47(49)68(46)42-24-11-21-38(31-42)35-16-6-2-7-17-35/h1-33H. The fourth-order valence-electron chi connectivity index (χ4n) is 10.4. The van der Waals surface area contributed by atoms with Crippen LogP contribution in [0.2, 0.25) is 0 Å². The molecule has 2 nitrogen and oxygen atoms in total. The van der Waals surface area contributed by atoms with Crippen molar-refractivity contribution in [1.82, 2.24) is 9.13 Å². The Morgan fingerprint density at radius 3 is 1.32 bits per heavy atom. The second kappa shape index (κ2) is 16.8. The van der Waals surface area contributed by atoms with Gasteiger partial charge in [0.15, 0.2) is 0 Å². The average molecular weight is 858 g/mol. The van der Waals surface area contributed by atoms with Crippen LogP contribution in [-0.4, -0.2) is 64.1 Å². The van der Waals surface area contributed by atoms with Gasteiger partial charge in [0.2, 0.25) is 0 Å². The maximum atomic E-state index is 7.50. The molecule has 0 aliphatic heterocycles. The van der Waals surface area contributed by atoms with Crippen LogP contribution in [0.15, 0.2) is 200 Å². The van der Waals surface area contributed by atoms with Gasteiger partial charge in [0.25, 0.3) is 0 Å². The van der Waals surface area contributed by atoms with Gasteiger partial charge in [0, 0.05) is 38.6 Å². The zero-order chi connectivity index (χ0) is 47.1. The van der Waals surface area contributed by atoms with E-state index in [4.69, 9.17) is 54.9 Å². The van der Waals surface area contributed by atoms with E-state index in [-0.39, 0.29) is 21.9 Å². The predicted molar refractivity (Wildman–Crippen MR) is 300 cm³/mol. The van der Waals surface area contributed by atoms with Crippen molar-refractivity contribution in [1.29, 1.82) is 0 Å². The Balaban J connectivity index is 1.14. The van der Waals surface area contributed by atoms with Gasteiger partial charge in [-0.05, 0) is 110 Å². The van der Waals surface area contributed by atoms with E-state index in [2.05, 4.69) is 162 Å². The summed E-state index contributed by atoms with van der Waals surface area (Å²) in [4.78, 5) is 0. The van der Waals surface area contributed by atoms with Gasteiger partial charge in [-0.3, -0.25) is 0 Å². The molecule has 2 heterocycles. The van der Waals surface area contributed by atoms with E-state index in [1.807, 2.05) is 47.0 Å². The second-order valence-electron chi connectivity index (χ2n) is 17.6. The highest BCUT2D eigenvalue weighted by Gasteiger charge is 2.25. The summed E-state index contributed by atoms with van der Waals surface area (Å²) >= 11 is 0. The first-order chi connectivity index (χ1) is 33.7. The maximum absolute atomic E-state index is 7.50. The number of aromatic nitrogens is 2. The lowest BCUT2D eigenvalue weighted by atomic mass is 9.64. The number of hydrogen-bond donors (Lipinski definition) is 0. The van der Waals surface area contributed by atoms with Crippen LogP contribution in [0.5, 0.6) is 0 Å². The van der Waals surface area contributed by atoms with E-state index in [0.29, 0.717) is 43.8 Å². The Morgan fingerprint density at radius 1 is 0.261 bits per heavy atom. The molecule has 0 saturated heterocycles. The summed E-state index contributed by atoms with van der Waals surface area (Å²) < 4.78 is 4.30. The lowest BCUT2D eigenvalue weighted by molar-refractivity contribution is 1.18. The van der Waals surface area contributed by atoms with Gasteiger partial charge in [-0.15, -0.1) is 10.9 Å². The van der Waals surface area contributed by atoms with E-state index >= 15 is 0 Å². The molecule has 12 aromatic rings. The summed E-state index contributed by atoms with van der Waals surface area (Å²) in [6.07, 6.45) is 0. The lowest BCUT2D eigenvalue weighted by Gasteiger charge is -2.19. The fourth-order valence-corrected chi connectivity index (χ4v) is 10.4. The molecule has 0 spiro atoms. The molecular weight excluding hydrogens is 824 g/mol. The number of fused-ring (bicyclic) bond motifs is 6. The molecular formula is C60H33B7N2. The molecule has 0 bridgehead atoms. The Bertz CT molecular complexity index is 4030. The third-order valence-electron chi connectivity index (χ3n) is 13.7. The van der Waals surface area contributed by atoms with Crippen molar-refractivity contribution in [3.05, 3.63) is 200 Å². The summed E-state index contributed by atoms with van der Waals surface area (Å²) in [5.41, 5.74) is 16.8. The molecule has 0 atom stereocenters. The lowest BCUT2D eigenvalue weighted by Crippen LogP contribution is -2.48. The van der Waals surface area contributed by atoms with Gasteiger partial charge in [-0.2, -0.15) is 0 Å². The van der Waals surface area contributed by atoms with Crippen molar-refractivity contribution in [2.24, 2.45) is 0 Å². The monoisotopic (exact) mass is 858 g/mol. The van der Waals surface area contributed by atoms with Crippen LogP contribution < -0.4 is 38.2 Å². The van der Waals surface area contributed by atoms with Crippen LogP contribution >= 0.6 is 0 Å². The van der Waals surface area contributed by atoms with Crippen LogP contribution in [0.4, 0.5) is 0 Å². The molecule has 2 aromatic heterocycles. The van der Waals surface area contributed by atoms with Gasteiger partial charge in [0.05, 0.1) is 11.0 Å². The van der Waals surface area contributed by atoms with Crippen LogP contribution in [0.1, 0.15) is 0 Å². The third kappa shape index (κ3) is 6.81. The number of hydrogen-bond acceptors (Lipinski definition) is 0. The van der Waals surface area contributed by atoms with E-state index in [0.717, 1.165) is 83.3 Å². The molecule has 0 amide bonds. The van der Waals surface area contributed by atoms with Crippen LogP contribution in [0, 0.1) is 0 Å². The first kappa shape index (κ1) is 42.6. The number of rotatable bonds is 7. The number of nitrogens with zero attached hydrogens (tertiary/aromatic N) is 2. The Labute approximate surface area is 410 Å². The minimum atomic E-state index is 0.169. The zero-order valence-corrected chi connectivity index (χ0v) is 37.5. The summed E-state index contributed by atoms with van der Waals surface area (Å²) in [7, 11) is 49.2. The zero-order valence-electron chi connectivity index (χ0n) is 37.5. The van der Waals surface area contributed by atoms with Gasteiger partial charge in [0.1, 0.15) is 54.9 Å². The summed E-state index contributed by atoms with van der Waals surface area (Å²) in [6.45, 7) is 0. The third-order valence-corrected chi connectivity index (χ3v) is 13.7. The molecule has 10 aromatic carbocycles. The summed E-state index contributed by atoms with van der Waals surface area (Å²) in [5, 5.41) is 3.20. The highest BCUT2D eigenvalue weighted by atomic mass is 15.0. The highest BCUT2D eigenvalue weighted by Crippen LogP contribution is 2.42. The SMILES string of the molecule is [B]c1c([B])c([B])c2c(c1[B])c1c([B])c(-c3ccc4c(c3)c3c(-c5cccc(-c6ccccc6)c5)cccc3n4-c3cccc(-c4ccccc4)c3)c([B])c([B])c1n2-c1cccc(-c2ccccc2)c1. The molecule has 12 rings (SSSR count). The smallest absolute Gasteiger partial charge is 0.115 e. The van der Waals surface area contributed by atoms with E-state index in [1.165, 1.54) is 0 Å². The molecule has 0 fully saturated rings. The summed E-state index contributed by atoms with van der Waals surface area (Å²) in [6, 6.07) is 69.4. The van der Waals surface area contributed by atoms with Gasteiger partial charge >= 0.3 is 0 Å². The highest BCUT2D eigenvalue weighted by molar-refractivity contribution is 6.69. The topological polar surface area (TPSA) is 9.86 Å². The quantitative estimate of drug-likeness (QED) is 0.145. The molecule has 9 heteroatoms. The van der Waals surface area contributed by atoms with Crippen LogP contribution in [0.25, 0.3) is 111 Å². The molecule has 304 valence electrons. The van der Waals surface area contributed by atoms with Crippen molar-refractivity contribution in [3.8, 4) is 67.0 Å². The first-order valence-corrected chi connectivity index (χ1v) is 22.8. The van der Waals surface area contributed by atoms with Crippen molar-refractivity contribution >= 4 is 137 Å². The Morgan fingerprint density at radius 2 is 0.725 bits per heavy atom. The van der Waals surface area contributed by atoms with Gasteiger partial charge in [-0.1, -0.05) is 179 Å². The van der Waals surface area contributed by atoms with E-state index in [1.54, 1.807) is 0 Å². The predicted octanol–water partition coefficient (Wildman–Crippen LogP) is 7.77. The van der Waals surface area contributed by atoms with Gasteiger partial charge in [-0.25, -0.2) is 0 Å². The van der Waals surface area contributed by atoms with Crippen molar-refractivity contribution in [2.45, 2.75) is 0 Å². The largest absolute Gasteiger partial charge is 0.311 e. The van der Waals surface area contributed by atoms with E-state index in [9.17, 15) is 0 Å². The van der Waals surface area contributed by atoms with E-state index < -0.39 is 0 Å². The van der Waals surface area contributed by atoms with Crippen molar-refractivity contribution in [3.63, 3.8) is 0 Å². The molecule has 0 saturated carbocycles. The molecule has 0 N–H and O–H groups in total. The molecule has 14 radical (unpaired) electrons. The summed E-state index contributed by atoms with van der Waals surface area (Å²) in [5.74, 6) is 0.